The van der Waals surface area contributed by atoms with Gasteiger partial charge in [-0.15, -0.1) is 0 Å². The van der Waals surface area contributed by atoms with Gasteiger partial charge in [0.1, 0.15) is 0 Å². The molecule has 0 unspecified atom stereocenters. The summed E-state index contributed by atoms with van der Waals surface area (Å²) in [5.74, 6) is 0.678. The Hall–Kier alpha value is -2.04. The molecular weight excluding hydrogens is 302 g/mol. The maximum atomic E-state index is 11.9. The fraction of sp³-hybridized carbons (Fsp3) is 0.579. The van der Waals surface area contributed by atoms with Gasteiger partial charge in [0.25, 0.3) is 0 Å². The third-order valence-corrected chi connectivity index (χ3v) is 4.21. The smallest absolute Gasteiger partial charge is 0.224 e. The number of amides is 2. The molecule has 1 N–H and O–H groups in total. The third-order valence-electron chi connectivity index (χ3n) is 4.21. The first kappa shape index (κ1) is 18.3. The molecule has 2 rings (SSSR count). The molecule has 5 heteroatoms. The lowest BCUT2D eigenvalue weighted by molar-refractivity contribution is -0.131. The summed E-state index contributed by atoms with van der Waals surface area (Å²) in [7, 11) is 0. The number of carbonyl (C=O) groups excluding carboxylic acids is 2. The SMILES string of the molecule is CCCC(=O)N1CCN(c2ccc(NC(=O)CC(C)C)cc2)CC1. The first-order valence-corrected chi connectivity index (χ1v) is 8.92. The third kappa shape index (κ3) is 5.25. The molecule has 1 aromatic carbocycles. The Morgan fingerprint density at radius 2 is 1.71 bits per heavy atom. The Morgan fingerprint density at radius 3 is 2.25 bits per heavy atom. The number of anilines is 2. The van der Waals surface area contributed by atoms with Gasteiger partial charge in [0.05, 0.1) is 0 Å². The zero-order valence-corrected chi connectivity index (χ0v) is 15.0. The minimum absolute atomic E-state index is 0.0563. The Bertz CT molecular complexity index is 546. The number of benzene rings is 1. The second-order valence-electron chi connectivity index (χ2n) is 6.81. The van der Waals surface area contributed by atoms with Crippen molar-refractivity contribution in [1.29, 1.82) is 0 Å². The summed E-state index contributed by atoms with van der Waals surface area (Å²) in [5.41, 5.74) is 1.97. The van der Waals surface area contributed by atoms with Crippen LogP contribution in [-0.4, -0.2) is 42.9 Å². The maximum Gasteiger partial charge on any atom is 0.224 e. The molecule has 1 aliphatic heterocycles. The van der Waals surface area contributed by atoms with E-state index in [1.165, 1.54) is 0 Å². The van der Waals surface area contributed by atoms with Crippen LogP contribution in [-0.2, 0) is 9.59 Å². The molecule has 0 radical (unpaired) electrons. The number of hydrogen-bond donors (Lipinski definition) is 1. The molecule has 5 nitrogen and oxygen atoms in total. The fourth-order valence-corrected chi connectivity index (χ4v) is 2.92. The van der Waals surface area contributed by atoms with Crippen LogP contribution in [0.4, 0.5) is 11.4 Å². The molecule has 1 heterocycles. The maximum absolute atomic E-state index is 11.9. The molecule has 24 heavy (non-hydrogen) atoms. The molecule has 0 bridgehead atoms. The van der Waals surface area contributed by atoms with Gasteiger partial charge < -0.3 is 15.1 Å². The topological polar surface area (TPSA) is 52.7 Å². The lowest BCUT2D eigenvalue weighted by atomic mass is 10.1. The van der Waals surface area contributed by atoms with Gasteiger partial charge in [-0.05, 0) is 36.6 Å². The van der Waals surface area contributed by atoms with Crippen LogP contribution in [0.3, 0.4) is 0 Å². The highest BCUT2D eigenvalue weighted by Gasteiger charge is 2.20. The first-order chi connectivity index (χ1) is 11.5. The van der Waals surface area contributed by atoms with E-state index in [1.54, 1.807) is 0 Å². The van der Waals surface area contributed by atoms with Crippen LogP contribution in [0.2, 0.25) is 0 Å². The predicted molar refractivity (Wildman–Crippen MR) is 98.2 cm³/mol. The molecule has 1 aromatic rings. The van der Waals surface area contributed by atoms with E-state index in [0.29, 0.717) is 18.8 Å². The molecular formula is C19H29N3O2. The minimum atomic E-state index is 0.0563. The van der Waals surface area contributed by atoms with Crippen LogP contribution in [0.5, 0.6) is 0 Å². The summed E-state index contributed by atoms with van der Waals surface area (Å²) in [4.78, 5) is 28.0. The van der Waals surface area contributed by atoms with Crippen molar-refractivity contribution >= 4 is 23.2 Å². The predicted octanol–water partition coefficient (Wildman–Crippen LogP) is 3.12. The van der Waals surface area contributed by atoms with Crippen LogP contribution in [0.1, 0.15) is 40.0 Å². The van der Waals surface area contributed by atoms with Gasteiger partial charge >= 0.3 is 0 Å². The summed E-state index contributed by atoms with van der Waals surface area (Å²) in [5, 5.41) is 2.93. The van der Waals surface area contributed by atoms with Gasteiger partial charge in [0.15, 0.2) is 0 Å². The fourth-order valence-electron chi connectivity index (χ4n) is 2.92. The van der Waals surface area contributed by atoms with Crippen molar-refractivity contribution in [2.24, 2.45) is 5.92 Å². The molecule has 1 aliphatic rings. The van der Waals surface area contributed by atoms with Crippen LogP contribution < -0.4 is 10.2 Å². The number of rotatable bonds is 6. The molecule has 0 aromatic heterocycles. The van der Waals surface area contributed by atoms with Crippen molar-refractivity contribution in [3.8, 4) is 0 Å². The van der Waals surface area contributed by atoms with Gasteiger partial charge in [-0.3, -0.25) is 9.59 Å². The number of nitrogens with one attached hydrogen (secondary N) is 1. The van der Waals surface area contributed by atoms with Crippen LogP contribution in [0.25, 0.3) is 0 Å². The summed E-state index contributed by atoms with van der Waals surface area (Å²) >= 11 is 0. The van der Waals surface area contributed by atoms with Crippen molar-refractivity contribution in [3.05, 3.63) is 24.3 Å². The van der Waals surface area contributed by atoms with Crippen molar-refractivity contribution in [2.45, 2.75) is 40.0 Å². The minimum Gasteiger partial charge on any atom is -0.368 e. The van der Waals surface area contributed by atoms with E-state index < -0.39 is 0 Å². The quantitative estimate of drug-likeness (QED) is 0.871. The summed E-state index contributed by atoms with van der Waals surface area (Å²) in [6.07, 6.45) is 2.09. The van der Waals surface area contributed by atoms with Crippen LogP contribution >= 0.6 is 0 Å². The van der Waals surface area contributed by atoms with E-state index in [9.17, 15) is 9.59 Å². The van der Waals surface area contributed by atoms with E-state index in [2.05, 4.69) is 10.2 Å². The van der Waals surface area contributed by atoms with Gasteiger partial charge in [0, 0.05) is 50.4 Å². The Kier molecular flexibility index (Phi) is 6.64. The highest BCUT2D eigenvalue weighted by molar-refractivity contribution is 5.91. The van der Waals surface area contributed by atoms with E-state index in [-0.39, 0.29) is 11.8 Å². The van der Waals surface area contributed by atoms with Crippen molar-refractivity contribution in [3.63, 3.8) is 0 Å². The second kappa shape index (κ2) is 8.71. The molecule has 1 fully saturated rings. The van der Waals surface area contributed by atoms with Crippen molar-refractivity contribution in [1.82, 2.24) is 4.90 Å². The Balaban J connectivity index is 1.86. The zero-order valence-electron chi connectivity index (χ0n) is 15.0. The largest absolute Gasteiger partial charge is 0.368 e. The van der Waals surface area contributed by atoms with Gasteiger partial charge in [-0.25, -0.2) is 0 Å². The molecule has 132 valence electrons. The monoisotopic (exact) mass is 331 g/mol. The second-order valence-corrected chi connectivity index (χ2v) is 6.81. The molecule has 0 saturated carbocycles. The summed E-state index contributed by atoms with van der Waals surface area (Å²) in [6.45, 7) is 9.39. The molecule has 0 spiro atoms. The normalized spacial score (nSPS) is 14.8. The van der Waals surface area contributed by atoms with Crippen molar-refractivity contribution in [2.75, 3.05) is 36.4 Å². The highest BCUT2D eigenvalue weighted by atomic mass is 16.2. The van der Waals surface area contributed by atoms with Gasteiger partial charge in [-0.1, -0.05) is 20.8 Å². The first-order valence-electron chi connectivity index (χ1n) is 8.92. The number of hydrogen-bond acceptors (Lipinski definition) is 3. The van der Waals surface area contributed by atoms with Gasteiger partial charge in [0.2, 0.25) is 11.8 Å². The number of carbonyl (C=O) groups is 2. The van der Waals surface area contributed by atoms with Crippen LogP contribution in [0, 0.1) is 5.92 Å². The summed E-state index contributed by atoms with van der Waals surface area (Å²) in [6, 6.07) is 7.97. The van der Waals surface area contributed by atoms with Crippen LogP contribution in [0.15, 0.2) is 24.3 Å². The molecule has 2 amide bonds. The van der Waals surface area contributed by atoms with E-state index in [0.717, 1.165) is 44.0 Å². The number of piperazine rings is 1. The van der Waals surface area contributed by atoms with E-state index >= 15 is 0 Å². The highest BCUT2D eigenvalue weighted by Crippen LogP contribution is 2.20. The van der Waals surface area contributed by atoms with E-state index in [4.69, 9.17) is 0 Å². The Morgan fingerprint density at radius 1 is 1.08 bits per heavy atom. The average Bonchev–Trinajstić information content (AvgIpc) is 2.55. The molecule has 1 saturated heterocycles. The lowest BCUT2D eigenvalue weighted by Gasteiger charge is -2.36. The van der Waals surface area contributed by atoms with E-state index in [1.807, 2.05) is 49.9 Å². The molecule has 0 aliphatic carbocycles. The van der Waals surface area contributed by atoms with Gasteiger partial charge in [-0.2, -0.15) is 0 Å². The Labute approximate surface area is 145 Å². The number of nitrogens with zero attached hydrogens (tertiary/aromatic N) is 2. The van der Waals surface area contributed by atoms with Crippen molar-refractivity contribution < 1.29 is 9.59 Å². The summed E-state index contributed by atoms with van der Waals surface area (Å²) < 4.78 is 0. The molecule has 0 atom stereocenters. The lowest BCUT2D eigenvalue weighted by Crippen LogP contribution is -2.48. The standard InChI is InChI=1S/C19H29N3O2/c1-4-5-19(24)22-12-10-21(11-13-22)17-8-6-16(7-9-17)20-18(23)14-15(2)3/h6-9,15H,4-5,10-14H2,1-3H3,(H,20,23). The zero-order chi connectivity index (χ0) is 17.5. The average molecular weight is 331 g/mol.